The fourth-order valence-corrected chi connectivity index (χ4v) is 2.41. The minimum absolute atomic E-state index is 0.0856. The lowest BCUT2D eigenvalue weighted by molar-refractivity contribution is -0.150. The number of esters is 1. The number of aliphatic hydroxyl groups is 1. The minimum Gasteiger partial charge on any atom is -0.459 e. The van der Waals surface area contributed by atoms with Crippen LogP contribution in [0.2, 0.25) is 0 Å². The van der Waals surface area contributed by atoms with E-state index in [-0.39, 0.29) is 6.61 Å². The third kappa shape index (κ3) is 4.90. The van der Waals surface area contributed by atoms with Gasteiger partial charge < -0.3 is 15.2 Å². The summed E-state index contributed by atoms with van der Waals surface area (Å²) in [6.07, 6.45) is -1.07. The quantitative estimate of drug-likeness (QED) is 0.792. The number of aryl methyl sites for hydroxylation is 1. The lowest BCUT2D eigenvalue weighted by Gasteiger charge is -2.21. The smallest absolute Gasteiger partial charge is 0.331 e. The van der Waals surface area contributed by atoms with Gasteiger partial charge in [0.2, 0.25) is 0 Å². The Morgan fingerprint density at radius 1 is 1.08 bits per heavy atom. The van der Waals surface area contributed by atoms with Gasteiger partial charge in [-0.2, -0.15) is 0 Å². The third-order valence-corrected chi connectivity index (χ3v) is 4.10. The molecule has 0 aliphatic carbocycles. The van der Waals surface area contributed by atoms with E-state index in [0.29, 0.717) is 5.56 Å². The molecule has 0 unspecified atom stereocenters. The maximum Gasteiger partial charge on any atom is 0.331 e. The second-order valence-electron chi connectivity index (χ2n) is 6.03. The van der Waals surface area contributed by atoms with E-state index in [0.717, 1.165) is 16.7 Å². The number of ether oxygens (including phenoxy) is 1. The van der Waals surface area contributed by atoms with Crippen molar-refractivity contribution >= 4 is 11.9 Å². The van der Waals surface area contributed by atoms with Crippen LogP contribution in [-0.2, 0) is 16.1 Å². The maximum atomic E-state index is 12.5. The molecule has 5 heteroatoms. The number of amides is 1. The molecule has 0 saturated carbocycles. The topological polar surface area (TPSA) is 75.6 Å². The van der Waals surface area contributed by atoms with E-state index in [9.17, 15) is 14.7 Å². The highest BCUT2D eigenvalue weighted by Crippen LogP contribution is 2.13. The van der Waals surface area contributed by atoms with Crippen LogP contribution in [0.25, 0.3) is 0 Å². The maximum absolute atomic E-state index is 12.5. The fraction of sp³-hybridized carbons (Fsp3) is 0.300. The average Bonchev–Trinajstić information content (AvgIpc) is 2.60. The summed E-state index contributed by atoms with van der Waals surface area (Å²) >= 11 is 0. The van der Waals surface area contributed by atoms with Crippen molar-refractivity contribution in [3.05, 3.63) is 70.8 Å². The molecule has 25 heavy (non-hydrogen) atoms. The molecule has 2 rings (SSSR count). The van der Waals surface area contributed by atoms with Crippen molar-refractivity contribution < 1.29 is 19.4 Å². The number of rotatable bonds is 6. The molecule has 0 bridgehead atoms. The summed E-state index contributed by atoms with van der Waals surface area (Å²) in [5, 5.41) is 12.5. The third-order valence-electron chi connectivity index (χ3n) is 4.10. The first-order chi connectivity index (χ1) is 11.9. The number of aliphatic hydroxyl groups excluding tert-OH is 1. The van der Waals surface area contributed by atoms with E-state index in [1.165, 1.54) is 6.92 Å². The number of carbonyl (C=O) groups excluding carboxylic acids is 2. The SMILES string of the molecule is Cc1cccc(C(=O)N[C@H](C(=O)OCc2ccccc2)[C@H](C)O)c1C. The molecule has 2 N–H and O–H groups in total. The molecule has 0 aliphatic rings. The number of carbonyl (C=O) groups is 2. The van der Waals surface area contributed by atoms with Gasteiger partial charge in [0.05, 0.1) is 6.10 Å². The molecule has 0 radical (unpaired) electrons. The van der Waals surface area contributed by atoms with Gasteiger partial charge in [-0.3, -0.25) is 4.79 Å². The number of hydrogen-bond acceptors (Lipinski definition) is 4. The molecular weight excluding hydrogens is 318 g/mol. The first-order valence-electron chi connectivity index (χ1n) is 8.16. The Balaban J connectivity index is 2.06. The van der Waals surface area contributed by atoms with E-state index in [2.05, 4.69) is 5.32 Å². The highest BCUT2D eigenvalue weighted by molar-refractivity contribution is 5.98. The van der Waals surface area contributed by atoms with Crippen LogP contribution in [0.5, 0.6) is 0 Å². The lowest BCUT2D eigenvalue weighted by Crippen LogP contribution is -2.48. The summed E-state index contributed by atoms with van der Waals surface area (Å²) in [7, 11) is 0. The second-order valence-corrected chi connectivity index (χ2v) is 6.03. The predicted molar refractivity (Wildman–Crippen MR) is 95.1 cm³/mol. The normalized spacial score (nSPS) is 13.0. The zero-order valence-electron chi connectivity index (χ0n) is 14.7. The molecule has 132 valence electrons. The van der Waals surface area contributed by atoms with Crippen molar-refractivity contribution in [2.45, 2.75) is 39.5 Å². The van der Waals surface area contributed by atoms with E-state index < -0.39 is 24.0 Å². The van der Waals surface area contributed by atoms with Crippen molar-refractivity contribution in [3.63, 3.8) is 0 Å². The Morgan fingerprint density at radius 2 is 1.76 bits per heavy atom. The molecule has 0 fully saturated rings. The van der Waals surface area contributed by atoms with E-state index in [1.54, 1.807) is 12.1 Å². The monoisotopic (exact) mass is 341 g/mol. The van der Waals surface area contributed by atoms with E-state index in [1.807, 2.05) is 50.2 Å². The molecule has 0 spiro atoms. The summed E-state index contributed by atoms with van der Waals surface area (Å²) in [4.78, 5) is 24.8. The van der Waals surface area contributed by atoms with Crippen molar-refractivity contribution in [1.29, 1.82) is 0 Å². The van der Waals surface area contributed by atoms with Gasteiger partial charge in [0.1, 0.15) is 6.61 Å². The first-order valence-corrected chi connectivity index (χ1v) is 8.16. The van der Waals surface area contributed by atoms with E-state index >= 15 is 0 Å². The van der Waals surface area contributed by atoms with Gasteiger partial charge in [0, 0.05) is 5.56 Å². The summed E-state index contributed by atoms with van der Waals surface area (Å²) < 4.78 is 5.23. The second kappa shape index (κ2) is 8.44. The summed E-state index contributed by atoms with van der Waals surface area (Å²) in [6, 6.07) is 13.5. The van der Waals surface area contributed by atoms with Gasteiger partial charge in [0.15, 0.2) is 6.04 Å². The highest BCUT2D eigenvalue weighted by Gasteiger charge is 2.28. The van der Waals surface area contributed by atoms with Gasteiger partial charge in [-0.15, -0.1) is 0 Å². The molecule has 0 aromatic heterocycles. The van der Waals surface area contributed by atoms with Crippen LogP contribution in [0.1, 0.15) is 34.0 Å². The Kier molecular flexibility index (Phi) is 6.31. The Morgan fingerprint density at radius 3 is 2.40 bits per heavy atom. The van der Waals surface area contributed by atoms with Gasteiger partial charge in [-0.1, -0.05) is 42.5 Å². The van der Waals surface area contributed by atoms with Crippen molar-refractivity contribution in [2.24, 2.45) is 0 Å². The Labute approximate surface area is 147 Å². The zero-order chi connectivity index (χ0) is 18.4. The van der Waals surface area contributed by atoms with Crippen LogP contribution < -0.4 is 5.32 Å². The molecule has 2 aromatic rings. The van der Waals surface area contributed by atoms with Crippen molar-refractivity contribution in [3.8, 4) is 0 Å². The van der Waals surface area contributed by atoms with Crippen molar-refractivity contribution in [1.82, 2.24) is 5.32 Å². The Bertz CT molecular complexity index is 741. The summed E-state index contributed by atoms with van der Waals surface area (Å²) in [5.74, 6) is -1.08. The van der Waals surface area contributed by atoms with Crippen LogP contribution in [0.15, 0.2) is 48.5 Å². The molecule has 0 aliphatic heterocycles. The van der Waals surface area contributed by atoms with Crippen LogP contribution in [-0.4, -0.2) is 29.1 Å². The first kappa shape index (κ1) is 18.7. The molecule has 5 nitrogen and oxygen atoms in total. The van der Waals surface area contributed by atoms with Crippen LogP contribution in [0.3, 0.4) is 0 Å². The van der Waals surface area contributed by atoms with E-state index in [4.69, 9.17) is 4.74 Å². The molecule has 0 saturated heterocycles. The lowest BCUT2D eigenvalue weighted by atomic mass is 10.0. The molecular formula is C20H23NO4. The largest absolute Gasteiger partial charge is 0.459 e. The molecule has 1 amide bonds. The number of hydrogen-bond donors (Lipinski definition) is 2. The number of nitrogens with one attached hydrogen (secondary N) is 1. The molecule has 2 aromatic carbocycles. The standard InChI is InChI=1S/C20H23NO4/c1-13-8-7-11-17(14(13)2)19(23)21-18(15(3)22)20(24)25-12-16-9-5-4-6-10-16/h4-11,15,18,22H,12H2,1-3H3,(H,21,23)/t15-,18-/m0/s1. The highest BCUT2D eigenvalue weighted by atomic mass is 16.5. The minimum atomic E-state index is -1.13. The fourth-order valence-electron chi connectivity index (χ4n) is 2.41. The van der Waals surface area contributed by atoms with Gasteiger partial charge >= 0.3 is 5.97 Å². The van der Waals surface area contributed by atoms with Crippen LogP contribution >= 0.6 is 0 Å². The molecule has 2 atom stereocenters. The van der Waals surface area contributed by atoms with Gasteiger partial charge in [0.25, 0.3) is 5.91 Å². The zero-order valence-corrected chi connectivity index (χ0v) is 14.7. The number of benzene rings is 2. The summed E-state index contributed by atoms with van der Waals surface area (Å²) in [6.45, 7) is 5.28. The van der Waals surface area contributed by atoms with Crippen molar-refractivity contribution in [2.75, 3.05) is 0 Å². The predicted octanol–water partition coefficient (Wildman–Crippen LogP) is 2.53. The molecule has 0 heterocycles. The summed E-state index contributed by atoms with van der Waals surface area (Å²) in [5.41, 5.74) is 3.12. The average molecular weight is 341 g/mol. The van der Waals surface area contributed by atoms with Crippen LogP contribution in [0, 0.1) is 13.8 Å². The van der Waals surface area contributed by atoms with Gasteiger partial charge in [-0.05, 0) is 43.5 Å². The van der Waals surface area contributed by atoms with Crippen LogP contribution in [0.4, 0.5) is 0 Å². The van der Waals surface area contributed by atoms with Gasteiger partial charge in [-0.25, -0.2) is 4.79 Å². The Hall–Kier alpha value is -2.66.